The number of alkyl halides is 4. The van der Waals surface area contributed by atoms with Crippen LogP contribution in [0.2, 0.25) is 0 Å². The molecule has 1 aromatic rings. The highest BCUT2D eigenvalue weighted by Crippen LogP contribution is 2.31. The number of carbonyl (C=O) groups excluding carboxylic acids is 1. The Balaban J connectivity index is 3.28. The molecule has 1 aromatic carbocycles. The van der Waals surface area contributed by atoms with Gasteiger partial charge in [0, 0.05) is 5.56 Å². The minimum atomic E-state index is -3.18. The molecule has 0 spiro atoms. The fourth-order valence-electron chi connectivity index (χ4n) is 1.72. The van der Waals surface area contributed by atoms with Gasteiger partial charge in [0.15, 0.2) is 0 Å². The SMILES string of the molecule is CCOC(=O)Cc1cc(OC(F)F)cc(C#N)c1C(F)F. The molecule has 0 aliphatic heterocycles. The van der Waals surface area contributed by atoms with Crippen LogP contribution in [0.4, 0.5) is 17.6 Å². The third-order valence-electron chi connectivity index (χ3n) is 2.44. The van der Waals surface area contributed by atoms with E-state index in [0.29, 0.717) is 0 Å². The van der Waals surface area contributed by atoms with Crippen LogP contribution in [0.25, 0.3) is 0 Å². The van der Waals surface area contributed by atoms with E-state index in [2.05, 4.69) is 9.47 Å². The highest BCUT2D eigenvalue weighted by molar-refractivity contribution is 5.74. The predicted octanol–water partition coefficient (Wildman–Crippen LogP) is 3.20. The summed E-state index contributed by atoms with van der Waals surface area (Å²) in [6.45, 7) is -1.60. The lowest BCUT2D eigenvalue weighted by Gasteiger charge is -2.13. The monoisotopic (exact) mass is 305 g/mol. The van der Waals surface area contributed by atoms with Gasteiger partial charge in [0.25, 0.3) is 6.43 Å². The third-order valence-corrected chi connectivity index (χ3v) is 2.44. The molecule has 21 heavy (non-hydrogen) atoms. The molecule has 0 atom stereocenters. The largest absolute Gasteiger partial charge is 0.466 e. The van der Waals surface area contributed by atoms with E-state index >= 15 is 0 Å². The van der Waals surface area contributed by atoms with Crippen LogP contribution in [-0.4, -0.2) is 19.2 Å². The van der Waals surface area contributed by atoms with Crippen LogP contribution in [0.5, 0.6) is 5.75 Å². The second kappa shape index (κ2) is 7.47. The van der Waals surface area contributed by atoms with Crippen molar-refractivity contribution in [2.24, 2.45) is 0 Å². The van der Waals surface area contributed by atoms with Crippen LogP contribution in [0.3, 0.4) is 0 Å². The number of esters is 1. The minimum Gasteiger partial charge on any atom is -0.466 e. The summed E-state index contributed by atoms with van der Waals surface area (Å²) in [6, 6.07) is 3.14. The van der Waals surface area contributed by atoms with Crippen molar-refractivity contribution in [2.45, 2.75) is 26.4 Å². The molecule has 0 heterocycles. The molecule has 4 nitrogen and oxygen atoms in total. The summed E-state index contributed by atoms with van der Waals surface area (Å²) >= 11 is 0. The number of benzene rings is 1. The summed E-state index contributed by atoms with van der Waals surface area (Å²) in [6.07, 6.45) is -3.60. The Morgan fingerprint density at radius 1 is 1.33 bits per heavy atom. The Morgan fingerprint density at radius 3 is 2.48 bits per heavy atom. The van der Waals surface area contributed by atoms with Gasteiger partial charge >= 0.3 is 12.6 Å². The molecular weight excluding hydrogens is 294 g/mol. The zero-order valence-corrected chi connectivity index (χ0v) is 10.9. The summed E-state index contributed by atoms with van der Waals surface area (Å²) in [4.78, 5) is 11.4. The first-order chi connectivity index (χ1) is 9.88. The Labute approximate surface area is 117 Å². The molecule has 0 amide bonds. The zero-order valence-electron chi connectivity index (χ0n) is 10.9. The quantitative estimate of drug-likeness (QED) is 0.598. The minimum absolute atomic E-state index is 0.0428. The van der Waals surface area contributed by atoms with Crippen molar-refractivity contribution >= 4 is 5.97 Å². The maximum atomic E-state index is 13.0. The van der Waals surface area contributed by atoms with Crippen molar-refractivity contribution in [3.05, 3.63) is 28.8 Å². The van der Waals surface area contributed by atoms with Crippen LogP contribution in [0.15, 0.2) is 12.1 Å². The number of hydrogen-bond acceptors (Lipinski definition) is 4. The van der Waals surface area contributed by atoms with Crippen molar-refractivity contribution in [2.75, 3.05) is 6.61 Å². The Kier molecular flexibility index (Phi) is 5.96. The molecule has 114 valence electrons. The van der Waals surface area contributed by atoms with E-state index in [9.17, 15) is 22.4 Å². The van der Waals surface area contributed by atoms with Gasteiger partial charge in [-0.3, -0.25) is 4.79 Å². The Hall–Kier alpha value is -2.30. The molecule has 0 aromatic heterocycles. The molecule has 0 radical (unpaired) electrons. The summed E-state index contributed by atoms with van der Waals surface area (Å²) < 4.78 is 59.1. The van der Waals surface area contributed by atoms with Crippen molar-refractivity contribution < 1.29 is 31.8 Å². The lowest BCUT2D eigenvalue weighted by Crippen LogP contribution is -2.11. The van der Waals surface area contributed by atoms with E-state index in [-0.39, 0.29) is 12.2 Å². The average Bonchev–Trinajstić information content (AvgIpc) is 2.36. The van der Waals surface area contributed by atoms with Crippen LogP contribution in [-0.2, 0) is 16.0 Å². The maximum absolute atomic E-state index is 13.0. The number of carbonyl (C=O) groups is 1. The van der Waals surface area contributed by atoms with E-state index in [1.807, 2.05) is 0 Å². The standard InChI is InChI=1S/C13H11F4NO3/c1-2-20-10(19)5-7-3-9(21-13(16)17)4-8(6-18)11(7)12(14)15/h3-4,12-13H,2,5H2,1H3. The smallest absolute Gasteiger partial charge is 0.387 e. The fourth-order valence-corrected chi connectivity index (χ4v) is 1.72. The van der Waals surface area contributed by atoms with E-state index in [1.165, 1.54) is 13.0 Å². The maximum Gasteiger partial charge on any atom is 0.387 e. The Morgan fingerprint density at radius 2 is 2.00 bits per heavy atom. The Bertz CT molecular complexity index is 555. The van der Waals surface area contributed by atoms with Gasteiger partial charge < -0.3 is 9.47 Å². The van der Waals surface area contributed by atoms with Crippen LogP contribution < -0.4 is 4.74 Å². The van der Waals surface area contributed by atoms with Crippen molar-refractivity contribution in [3.8, 4) is 11.8 Å². The van der Waals surface area contributed by atoms with Crippen molar-refractivity contribution in [3.63, 3.8) is 0 Å². The third kappa shape index (κ3) is 4.63. The summed E-state index contributed by atoms with van der Waals surface area (Å²) in [7, 11) is 0. The number of hydrogen-bond donors (Lipinski definition) is 0. The van der Waals surface area contributed by atoms with Gasteiger partial charge in [-0.25, -0.2) is 8.78 Å². The summed E-state index contributed by atoms with van der Waals surface area (Å²) in [5.74, 6) is -1.28. The van der Waals surface area contributed by atoms with Gasteiger partial charge in [0.2, 0.25) is 0 Å². The van der Waals surface area contributed by atoms with Gasteiger partial charge in [-0.15, -0.1) is 0 Å². The first-order valence-corrected chi connectivity index (χ1v) is 5.84. The highest BCUT2D eigenvalue weighted by Gasteiger charge is 2.22. The molecule has 0 saturated heterocycles. The van der Waals surface area contributed by atoms with Gasteiger partial charge in [0.1, 0.15) is 5.75 Å². The first kappa shape index (κ1) is 16.8. The average molecular weight is 305 g/mol. The fraction of sp³-hybridized carbons (Fsp3) is 0.385. The molecular formula is C13H11F4NO3. The van der Waals surface area contributed by atoms with E-state index in [1.54, 1.807) is 0 Å². The number of ether oxygens (including phenoxy) is 2. The topological polar surface area (TPSA) is 59.3 Å². The summed E-state index contributed by atoms with van der Waals surface area (Å²) in [5, 5.41) is 8.85. The number of nitrogens with zero attached hydrogens (tertiary/aromatic N) is 1. The molecule has 0 unspecified atom stereocenters. The van der Waals surface area contributed by atoms with Crippen LogP contribution >= 0.6 is 0 Å². The molecule has 1 rings (SSSR count). The van der Waals surface area contributed by atoms with Gasteiger partial charge in [-0.2, -0.15) is 14.0 Å². The molecule has 0 aliphatic rings. The van der Waals surface area contributed by atoms with E-state index < -0.39 is 42.3 Å². The van der Waals surface area contributed by atoms with E-state index in [4.69, 9.17) is 5.26 Å². The number of rotatable bonds is 6. The molecule has 8 heteroatoms. The molecule has 0 saturated carbocycles. The van der Waals surface area contributed by atoms with Crippen molar-refractivity contribution in [1.82, 2.24) is 0 Å². The molecule has 0 aliphatic carbocycles. The lowest BCUT2D eigenvalue weighted by molar-refractivity contribution is -0.142. The zero-order chi connectivity index (χ0) is 16.0. The van der Waals surface area contributed by atoms with Crippen LogP contribution in [0, 0.1) is 11.3 Å². The predicted molar refractivity (Wildman–Crippen MR) is 63.1 cm³/mol. The first-order valence-electron chi connectivity index (χ1n) is 5.84. The van der Waals surface area contributed by atoms with Gasteiger partial charge in [-0.05, 0) is 24.6 Å². The van der Waals surface area contributed by atoms with Gasteiger partial charge in [0.05, 0.1) is 24.7 Å². The normalized spacial score (nSPS) is 10.6. The summed E-state index contributed by atoms with van der Waals surface area (Å²) in [5.41, 5.74) is -1.49. The van der Waals surface area contributed by atoms with Crippen LogP contribution in [0.1, 0.15) is 30.0 Å². The lowest BCUT2D eigenvalue weighted by atomic mass is 9.99. The molecule has 0 bridgehead atoms. The second-order valence-electron chi connectivity index (χ2n) is 3.82. The molecule has 0 N–H and O–H groups in total. The van der Waals surface area contributed by atoms with Gasteiger partial charge in [-0.1, -0.05) is 0 Å². The number of halogens is 4. The van der Waals surface area contributed by atoms with Crippen molar-refractivity contribution in [1.29, 1.82) is 5.26 Å². The highest BCUT2D eigenvalue weighted by atomic mass is 19.3. The number of nitriles is 1. The second-order valence-corrected chi connectivity index (χ2v) is 3.82. The van der Waals surface area contributed by atoms with E-state index in [0.717, 1.165) is 12.1 Å². The molecule has 0 fully saturated rings.